The second-order valence-electron chi connectivity index (χ2n) is 3.57. The summed E-state index contributed by atoms with van der Waals surface area (Å²) in [7, 11) is 0. The maximum absolute atomic E-state index is 12.7. The number of halogens is 1. The van der Waals surface area contributed by atoms with E-state index in [1.165, 1.54) is 18.9 Å². The third-order valence-corrected chi connectivity index (χ3v) is 2.52. The molecule has 66 valence electrons. The van der Waals surface area contributed by atoms with Gasteiger partial charge in [-0.3, -0.25) is 0 Å². The molecular formula is C10H14FN. The number of rotatable bonds is 1. The smallest absolute Gasteiger partial charge is 0.123 e. The third kappa shape index (κ3) is 1.48. The average Bonchev–Trinajstić information content (AvgIpc) is 2.70. The number of hydrogen-bond donors (Lipinski definition) is 1. The van der Waals surface area contributed by atoms with Crippen molar-refractivity contribution >= 4 is 0 Å². The van der Waals surface area contributed by atoms with Gasteiger partial charge >= 0.3 is 0 Å². The summed E-state index contributed by atoms with van der Waals surface area (Å²) in [6, 6.07) is 6.94. The molecule has 0 spiro atoms. The van der Waals surface area contributed by atoms with Crippen LogP contribution in [0.4, 0.5) is 4.39 Å². The van der Waals surface area contributed by atoms with Gasteiger partial charge in [-0.1, -0.05) is 19.1 Å². The molecule has 3 N–H and O–H groups in total. The van der Waals surface area contributed by atoms with E-state index in [1.54, 1.807) is 12.1 Å². The molecule has 1 aliphatic rings. The molecule has 0 bridgehead atoms. The molecule has 0 unspecified atom stereocenters. The zero-order valence-corrected chi connectivity index (χ0v) is 7.31. The Hall–Kier alpha value is -0.890. The molecule has 2 heteroatoms. The summed E-state index contributed by atoms with van der Waals surface area (Å²) in [5.74, 6) is -0.115. The lowest BCUT2D eigenvalue weighted by atomic mass is 9.99. The van der Waals surface area contributed by atoms with E-state index in [0.717, 1.165) is 5.56 Å². The standard InChI is InChI=1S/C10H11F.H3N/c1-10(5-6-10)8-3-2-4-9(11)7-8;/h2-4,7H,5-6H2,1H3;1H3. The van der Waals surface area contributed by atoms with Crippen molar-refractivity contribution in [3.63, 3.8) is 0 Å². The van der Waals surface area contributed by atoms with Gasteiger partial charge in [0.25, 0.3) is 0 Å². The second kappa shape index (κ2) is 2.87. The predicted octanol–water partition coefficient (Wildman–Crippen LogP) is 3.04. The summed E-state index contributed by atoms with van der Waals surface area (Å²) in [5, 5.41) is 0. The van der Waals surface area contributed by atoms with E-state index in [9.17, 15) is 4.39 Å². The lowest BCUT2D eigenvalue weighted by Crippen LogP contribution is -1.99. The normalized spacial score (nSPS) is 18.2. The highest BCUT2D eigenvalue weighted by atomic mass is 19.1. The van der Waals surface area contributed by atoms with Crippen LogP contribution in [0.3, 0.4) is 0 Å². The SMILES string of the molecule is CC1(c2cccc(F)c2)CC1.N. The van der Waals surface area contributed by atoms with Crippen molar-refractivity contribution in [1.82, 2.24) is 6.15 Å². The molecule has 1 nitrogen and oxygen atoms in total. The molecule has 0 aromatic heterocycles. The molecule has 1 saturated carbocycles. The molecule has 12 heavy (non-hydrogen) atoms. The maximum Gasteiger partial charge on any atom is 0.123 e. The fourth-order valence-electron chi connectivity index (χ4n) is 1.34. The Morgan fingerprint density at radius 1 is 1.33 bits per heavy atom. The molecule has 0 aliphatic heterocycles. The van der Waals surface area contributed by atoms with Crippen molar-refractivity contribution in [1.29, 1.82) is 0 Å². The molecule has 0 saturated heterocycles. The molecule has 0 amide bonds. The Morgan fingerprint density at radius 3 is 2.50 bits per heavy atom. The minimum Gasteiger partial charge on any atom is -0.344 e. The Bertz CT molecular complexity index is 279. The van der Waals surface area contributed by atoms with Gasteiger partial charge in [-0.05, 0) is 36.0 Å². The molecule has 2 rings (SSSR count). The number of benzene rings is 1. The average molecular weight is 167 g/mol. The largest absolute Gasteiger partial charge is 0.344 e. The van der Waals surface area contributed by atoms with E-state index in [0.29, 0.717) is 5.41 Å². The van der Waals surface area contributed by atoms with E-state index in [2.05, 4.69) is 6.92 Å². The Labute approximate surface area is 72.2 Å². The van der Waals surface area contributed by atoms with Gasteiger partial charge < -0.3 is 6.15 Å². The molecule has 1 aromatic rings. The third-order valence-electron chi connectivity index (χ3n) is 2.52. The van der Waals surface area contributed by atoms with Crippen molar-refractivity contribution in [3.05, 3.63) is 35.6 Å². The van der Waals surface area contributed by atoms with Crippen LogP contribution in [0.15, 0.2) is 24.3 Å². The van der Waals surface area contributed by atoms with Gasteiger partial charge in [0.05, 0.1) is 0 Å². The van der Waals surface area contributed by atoms with Crippen LogP contribution in [0, 0.1) is 5.82 Å². The van der Waals surface area contributed by atoms with Gasteiger partial charge in [0.15, 0.2) is 0 Å². The van der Waals surface area contributed by atoms with Crippen molar-refractivity contribution in [3.8, 4) is 0 Å². The fourth-order valence-corrected chi connectivity index (χ4v) is 1.34. The summed E-state index contributed by atoms with van der Waals surface area (Å²) in [6.07, 6.45) is 2.41. The molecule has 1 aromatic carbocycles. The van der Waals surface area contributed by atoms with Gasteiger partial charge in [-0.2, -0.15) is 0 Å². The quantitative estimate of drug-likeness (QED) is 0.685. The zero-order valence-electron chi connectivity index (χ0n) is 7.31. The molecule has 0 heterocycles. The Balaban J connectivity index is 0.000000720. The Kier molecular flexibility index (Phi) is 2.20. The van der Waals surface area contributed by atoms with E-state index < -0.39 is 0 Å². The highest BCUT2D eigenvalue weighted by Crippen LogP contribution is 2.47. The first-order valence-electron chi connectivity index (χ1n) is 3.97. The van der Waals surface area contributed by atoms with Crippen LogP contribution >= 0.6 is 0 Å². The first-order chi connectivity index (χ1) is 5.21. The topological polar surface area (TPSA) is 35.0 Å². The zero-order chi connectivity index (χ0) is 7.90. The molecule has 1 fully saturated rings. The molecule has 1 aliphatic carbocycles. The Morgan fingerprint density at radius 2 is 2.00 bits per heavy atom. The van der Waals surface area contributed by atoms with Gasteiger partial charge in [0, 0.05) is 0 Å². The lowest BCUT2D eigenvalue weighted by Gasteiger charge is -2.07. The predicted molar refractivity (Wildman–Crippen MR) is 48.0 cm³/mol. The summed E-state index contributed by atoms with van der Waals surface area (Å²) < 4.78 is 12.7. The maximum atomic E-state index is 12.7. The van der Waals surface area contributed by atoms with E-state index in [4.69, 9.17) is 0 Å². The summed E-state index contributed by atoms with van der Waals surface area (Å²) in [5.41, 5.74) is 1.44. The monoisotopic (exact) mass is 167 g/mol. The van der Waals surface area contributed by atoms with Crippen molar-refractivity contribution in [2.75, 3.05) is 0 Å². The molecule has 0 radical (unpaired) electrons. The minimum absolute atomic E-state index is 0. The molecule has 0 atom stereocenters. The van der Waals surface area contributed by atoms with Crippen LogP contribution < -0.4 is 6.15 Å². The fraction of sp³-hybridized carbons (Fsp3) is 0.400. The number of hydrogen-bond acceptors (Lipinski definition) is 1. The lowest BCUT2D eigenvalue weighted by molar-refractivity contribution is 0.620. The highest BCUT2D eigenvalue weighted by Gasteiger charge is 2.38. The first kappa shape index (κ1) is 9.20. The van der Waals surface area contributed by atoms with Crippen LogP contribution in [0.1, 0.15) is 25.3 Å². The second-order valence-corrected chi connectivity index (χ2v) is 3.57. The van der Waals surface area contributed by atoms with E-state index in [1.807, 2.05) is 6.07 Å². The van der Waals surface area contributed by atoms with Crippen LogP contribution in [-0.2, 0) is 5.41 Å². The van der Waals surface area contributed by atoms with Gasteiger partial charge in [-0.15, -0.1) is 0 Å². The summed E-state index contributed by atoms with van der Waals surface area (Å²) >= 11 is 0. The highest BCUT2D eigenvalue weighted by molar-refractivity contribution is 5.30. The van der Waals surface area contributed by atoms with Crippen molar-refractivity contribution in [2.45, 2.75) is 25.2 Å². The first-order valence-corrected chi connectivity index (χ1v) is 3.97. The van der Waals surface area contributed by atoms with E-state index >= 15 is 0 Å². The van der Waals surface area contributed by atoms with Gasteiger partial charge in [0.1, 0.15) is 5.82 Å². The van der Waals surface area contributed by atoms with Crippen LogP contribution in [0.2, 0.25) is 0 Å². The van der Waals surface area contributed by atoms with Gasteiger partial charge in [0.2, 0.25) is 0 Å². The molecular weight excluding hydrogens is 153 g/mol. The van der Waals surface area contributed by atoms with E-state index in [-0.39, 0.29) is 12.0 Å². The van der Waals surface area contributed by atoms with Crippen LogP contribution in [-0.4, -0.2) is 0 Å². The summed E-state index contributed by atoms with van der Waals surface area (Å²) in [6.45, 7) is 2.18. The van der Waals surface area contributed by atoms with Crippen molar-refractivity contribution < 1.29 is 4.39 Å². The van der Waals surface area contributed by atoms with Crippen LogP contribution in [0.25, 0.3) is 0 Å². The van der Waals surface area contributed by atoms with Gasteiger partial charge in [-0.25, -0.2) is 4.39 Å². The summed E-state index contributed by atoms with van der Waals surface area (Å²) in [4.78, 5) is 0. The van der Waals surface area contributed by atoms with Crippen LogP contribution in [0.5, 0.6) is 0 Å². The van der Waals surface area contributed by atoms with Crippen molar-refractivity contribution in [2.24, 2.45) is 0 Å². The minimum atomic E-state index is -0.115.